The topological polar surface area (TPSA) is 75.6 Å². The quantitative estimate of drug-likeness (QED) is 0.677. The summed E-state index contributed by atoms with van der Waals surface area (Å²) >= 11 is 0. The predicted octanol–water partition coefficient (Wildman–Crippen LogP) is 0.391. The van der Waals surface area contributed by atoms with Crippen molar-refractivity contribution < 1.29 is 19.4 Å². The molecule has 5 heteroatoms. The molecule has 0 aliphatic heterocycles. The molecule has 0 aromatic carbocycles. The zero-order chi connectivity index (χ0) is 11.4. The van der Waals surface area contributed by atoms with Gasteiger partial charge in [-0.25, -0.2) is 0 Å². The first-order valence-corrected chi connectivity index (χ1v) is 4.46. The normalized spacial score (nSPS) is 16.9. The number of rotatable bonds is 5. The molecule has 0 radical (unpaired) electrons. The summed E-state index contributed by atoms with van der Waals surface area (Å²) in [5.74, 6) is -1.47. The molecule has 0 aliphatic rings. The van der Waals surface area contributed by atoms with Crippen molar-refractivity contribution >= 4 is 11.9 Å². The molecule has 14 heavy (non-hydrogen) atoms. The molecule has 0 aromatic rings. The van der Waals surface area contributed by atoms with Crippen LogP contribution >= 0.6 is 0 Å². The lowest BCUT2D eigenvalue weighted by molar-refractivity contribution is -0.148. The number of aliphatic carboxylic acids is 1. The number of hydrogen-bond acceptors (Lipinski definition) is 3. The van der Waals surface area contributed by atoms with Crippen LogP contribution in [0.25, 0.3) is 0 Å². The van der Waals surface area contributed by atoms with E-state index in [4.69, 9.17) is 9.84 Å². The Bertz CT molecular complexity index is 223. The van der Waals surface area contributed by atoms with Gasteiger partial charge in [0, 0.05) is 7.11 Å². The number of methoxy groups -OCH3 is 1. The SMILES string of the molecule is CCC(C)(OC)C(=O)NC(C)C(=O)O. The number of carbonyl (C=O) groups is 2. The van der Waals surface area contributed by atoms with E-state index in [0.717, 1.165) is 0 Å². The fraction of sp³-hybridized carbons (Fsp3) is 0.778. The van der Waals surface area contributed by atoms with Crippen molar-refractivity contribution in [1.29, 1.82) is 0 Å². The van der Waals surface area contributed by atoms with Crippen LogP contribution in [0.5, 0.6) is 0 Å². The highest BCUT2D eigenvalue weighted by Crippen LogP contribution is 2.13. The van der Waals surface area contributed by atoms with E-state index in [9.17, 15) is 9.59 Å². The average Bonchev–Trinajstić information content (AvgIpc) is 2.16. The van der Waals surface area contributed by atoms with Crippen molar-refractivity contribution in [3.63, 3.8) is 0 Å². The number of carbonyl (C=O) groups excluding carboxylic acids is 1. The van der Waals surface area contributed by atoms with Crippen molar-refractivity contribution in [2.24, 2.45) is 0 Å². The molecule has 0 saturated heterocycles. The number of hydrogen-bond donors (Lipinski definition) is 2. The van der Waals surface area contributed by atoms with Crippen molar-refractivity contribution in [2.75, 3.05) is 7.11 Å². The minimum Gasteiger partial charge on any atom is -0.480 e. The fourth-order valence-corrected chi connectivity index (χ4v) is 0.809. The molecule has 2 unspecified atom stereocenters. The minimum atomic E-state index is -1.06. The Hall–Kier alpha value is -1.10. The number of nitrogens with one attached hydrogen (secondary N) is 1. The summed E-state index contributed by atoms with van der Waals surface area (Å²) in [5.41, 5.74) is -0.955. The van der Waals surface area contributed by atoms with Gasteiger partial charge in [-0.05, 0) is 20.3 Å². The Morgan fingerprint density at radius 2 is 2.07 bits per heavy atom. The number of ether oxygens (including phenoxy) is 1. The van der Waals surface area contributed by atoms with Gasteiger partial charge in [-0.2, -0.15) is 0 Å². The van der Waals surface area contributed by atoms with Gasteiger partial charge in [-0.1, -0.05) is 6.92 Å². The van der Waals surface area contributed by atoms with Crippen LogP contribution in [0.15, 0.2) is 0 Å². The first kappa shape index (κ1) is 12.9. The Kier molecular flexibility index (Phi) is 4.56. The van der Waals surface area contributed by atoms with Crippen LogP contribution in [-0.2, 0) is 14.3 Å². The highest BCUT2D eigenvalue weighted by molar-refractivity contribution is 5.88. The zero-order valence-electron chi connectivity index (χ0n) is 8.96. The highest BCUT2D eigenvalue weighted by Gasteiger charge is 2.32. The van der Waals surface area contributed by atoms with Gasteiger partial charge in [-0.15, -0.1) is 0 Å². The number of amides is 1. The van der Waals surface area contributed by atoms with Crippen LogP contribution in [0.4, 0.5) is 0 Å². The molecule has 1 amide bonds. The first-order chi connectivity index (χ1) is 6.37. The zero-order valence-corrected chi connectivity index (χ0v) is 8.96. The summed E-state index contributed by atoms with van der Waals surface area (Å²) in [7, 11) is 1.43. The highest BCUT2D eigenvalue weighted by atomic mass is 16.5. The molecule has 0 fully saturated rings. The summed E-state index contributed by atoms with van der Waals surface area (Å²) in [6.45, 7) is 4.83. The second-order valence-electron chi connectivity index (χ2n) is 3.32. The molecular formula is C9H17NO4. The maximum Gasteiger partial charge on any atom is 0.325 e. The monoisotopic (exact) mass is 203 g/mol. The van der Waals surface area contributed by atoms with Crippen LogP contribution in [0.2, 0.25) is 0 Å². The van der Waals surface area contributed by atoms with Crippen molar-refractivity contribution in [3.05, 3.63) is 0 Å². The lowest BCUT2D eigenvalue weighted by Gasteiger charge is -2.26. The summed E-state index contributed by atoms with van der Waals surface area (Å²) in [5, 5.41) is 10.9. The molecule has 0 bridgehead atoms. The smallest absolute Gasteiger partial charge is 0.325 e. The van der Waals surface area contributed by atoms with Crippen LogP contribution in [0.1, 0.15) is 27.2 Å². The summed E-state index contributed by atoms with van der Waals surface area (Å²) < 4.78 is 5.02. The van der Waals surface area contributed by atoms with Gasteiger partial charge in [0.2, 0.25) is 0 Å². The first-order valence-electron chi connectivity index (χ1n) is 4.46. The average molecular weight is 203 g/mol. The van der Waals surface area contributed by atoms with Crippen LogP contribution in [-0.4, -0.2) is 35.7 Å². The number of carboxylic acids is 1. The van der Waals surface area contributed by atoms with Gasteiger partial charge in [-0.3, -0.25) is 9.59 Å². The molecule has 0 rings (SSSR count). The Balaban J connectivity index is 4.40. The predicted molar refractivity (Wildman–Crippen MR) is 50.9 cm³/mol. The molecule has 82 valence electrons. The van der Waals surface area contributed by atoms with Crippen LogP contribution < -0.4 is 5.32 Å². The molecule has 0 aromatic heterocycles. The minimum absolute atomic E-state index is 0.405. The largest absolute Gasteiger partial charge is 0.480 e. The van der Waals surface area contributed by atoms with Crippen molar-refractivity contribution in [1.82, 2.24) is 5.32 Å². The third-order valence-corrected chi connectivity index (χ3v) is 2.32. The molecule has 5 nitrogen and oxygen atoms in total. The van der Waals surface area contributed by atoms with E-state index in [2.05, 4.69) is 5.32 Å². The molecule has 0 aliphatic carbocycles. The van der Waals surface area contributed by atoms with Crippen molar-refractivity contribution in [2.45, 2.75) is 38.8 Å². The number of carboxylic acid groups (broad SMARTS) is 1. The third-order valence-electron chi connectivity index (χ3n) is 2.32. The molecule has 0 spiro atoms. The third kappa shape index (κ3) is 2.99. The molecular weight excluding hydrogens is 186 g/mol. The Morgan fingerprint density at radius 3 is 2.36 bits per heavy atom. The van der Waals surface area contributed by atoms with E-state index in [1.807, 2.05) is 0 Å². The molecule has 0 heterocycles. The van der Waals surface area contributed by atoms with Gasteiger partial charge in [0.1, 0.15) is 11.6 Å². The van der Waals surface area contributed by atoms with Gasteiger partial charge in [0.05, 0.1) is 0 Å². The van der Waals surface area contributed by atoms with Gasteiger partial charge in [0.15, 0.2) is 0 Å². The lowest BCUT2D eigenvalue weighted by atomic mass is 10.0. The summed E-state index contributed by atoms with van der Waals surface area (Å²) in [6, 6.07) is -0.900. The van der Waals surface area contributed by atoms with E-state index in [1.54, 1.807) is 13.8 Å². The van der Waals surface area contributed by atoms with E-state index >= 15 is 0 Å². The van der Waals surface area contributed by atoms with Crippen molar-refractivity contribution in [3.8, 4) is 0 Å². The van der Waals surface area contributed by atoms with Gasteiger partial charge < -0.3 is 15.2 Å². The maximum atomic E-state index is 11.5. The van der Waals surface area contributed by atoms with E-state index < -0.39 is 23.5 Å². The van der Waals surface area contributed by atoms with E-state index in [1.165, 1.54) is 14.0 Å². The summed E-state index contributed by atoms with van der Waals surface area (Å²) in [6.07, 6.45) is 0.488. The van der Waals surface area contributed by atoms with E-state index in [-0.39, 0.29) is 0 Å². The lowest BCUT2D eigenvalue weighted by Crippen LogP contribution is -2.50. The van der Waals surface area contributed by atoms with Crippen LogP contribution in [0, 0.1) is 0 Å². The second-order valence-corrected chi connectivity index (χ2v) is 3.32. The van der Waals surface area contributed by atoms with Gasteiger partial charge in [0.25, 0.3) is 5.91 Å². The standard InChI is InChI=1S/C9H17NO4/c1-5-9(3,14-4)8(13)10-6(2)7(11)12/h6H,5H2,1-4H3,(H,10,13)(H,11,12). The van der Waals surface area contributed by atoms with Crippen LogP contribution in [0.3, 0.4) is 0 Å². The van der Waals surface area contributed by atoms with E-state index in [0.29, 0.717) is 6.42 Å². The van der Waals surface area contributed by atoms with Gasteiger partial charge >= 0.3 is 5.97 Å². The maximum absolute atomic E-state index is 11.5. The Labute approximate surface area is 83.4 Å². The second kappa shape index (κ2) is 4.95. The summed E-state index contributed by atoms with van der Waals surface area (Å²) in [4.78, 5) is 22.0. The fourth-order valence-electron chi connectivity index (χ4n) is 0.809. The molecule has 2 atom stereocenters. The Morgan fingerprint density at radius 1 is 1.57 bits per heavy atom. The molecule has 0 saturated carbocycles. The molecule has 2 N–H and O–H groups in total.